The van der Waals surface area contributed by atoms with Gasteiger partial charge in [-0.3, -0.25) is 14.5 Å². The Kier molecular flexibility index (Phi) is 10.2. The Labute approximate surface area is 169 Å². The second-order valence-corrected chi connectivity index (χ2v) is 8.22. The molecule has 0 amide bonds. The van der Waals surface area contributed by atoms with Gasteiger partial charge >= 0.3 is 0 Å². The van der Waals surface area contributed by atoms with Gasteiger partial charge in [-0.25, -0.2) is 0 Å². The van der Waals surface area contributed by atoms with Crippen LogP contribution < -0.4 is 0 Å². The maximum Gasteiger partial charge on any atom is 0.290 e. The Morgan fingerprint density at radius 1 is 0.929 bits per heavy atom. The minimum absolute atomic E-state index is 0.250. The average molecular weight is 393 g/mol. The Hall–Kier alpha value is -1.92. The molecule has 2 saturated carbocycles. The topological polar surface area (TPSA) is 81.1 Å². The first-order chi connectivity index (χ1) is 13.3. The largest absolute Gasteiger partial charge is 0.483 e. The lowest BCUT2D eigenvalue weighted by Crippen LogP contribution is -2.31. The lowest BCUT2D eigenvalue weighted by Gasteiger charge is -2.27. The highest BCUT2D eigenvalue weighted by molar-refractivity contribution is 5.33. The van der Waals surface area contributed by atoms with Gasteiger partial charge in [0.1, 0.15) is 0 Å². The van der Waals surface area contributed by atoms with Crippen LogP contribution in [0, 0.1) is 25.7 Å². The molecule has 0 aromatic heterocycles. The van der Waals surface area contributed by atoms with Gasteiger partial charge in [-0.15, -0.1) is 0 Å². The third-order valence-electron chi connectivity index (χ3n) is 6.46. The molecule has 0 heterocycles. The normalized spacial score (nSPS) is 25.4. The van der Waals surface area contributed by atoms with Crippen molar-refractivity contribution in [3.05, 3.63) is 34.9 Å². The Morgan fingerprint density at radius 2 is 1.39 bits per heavy atom. The molecule has 3 rings (SSSR count). The second kappa shape index (κ2) is 11.8. The zero-order valence-electron chi connectivity index (χ0n) is 17.8. The molecule has 6 heteroatoms. The van der Waals surface area contributed by atoms with E-state index in [-0.39, 0.29) is 12.9 Å². The van der Waals surface area contributed by atoms with Crippen molar-refractivity contribution in [3.8, 4) is 0 Å². The van der Waals surface area contributed by atoms with E-state index in [0.717, 1.165) is 30.5 Å². The monoisotopic (exact) mass is 392 g/mol. The number of fused-ring (bicyclic) bond motifs is 1. The number of carboxylic acid groups (broad SMARTS) is 2. The predicted molar refractivity (Wildman–Crippen MR) is 111 cm³/mol. The molecule has 158 valence electrons. The summed E-state index contributed by atoms with van der Waals surface area (Å²) in [4.78, 5) is 21.8. The van der Waals surface area contributed by atoms with Crippen LogP contribution in [0.1, 0.15) is 42.4 Å². The number of hydrogen-bond donors (Lipinski definition) is 2. The number of hydrogen-bond acceptors (Lipinski definition) is 4. The van der Waals surface area contributed by atoms with Crippen LogP contribution in [-0.4, -0.2) is 66.2 Å². The lowest BCUT2D eigenvalue weighted by molar-refractivity contribution is -0.123. The summed E-state index contributed by atoms with van der Waals surface area (Å²) < 4.78 is 0. The fraction of sp³-hybridized carbons (Fsp3) is 0.636. The van der Waals surface area contributed by atoms with Crippen LogP contribution in [0.2, 0.25) is 0 Å². The van der Waals surface area contributed by atoms with E-state index < -0.39 is 0 Å². The number of carbonyl (C=O) groups is 2. The van der Waals surface area contributed by atoms with Crippen LogP contribution in [0.5, 0.6) is 0 Å². The van der Waals surface area contributed by atoms with Crippen LogP contribution in [0.4, 0.5) is 0 Å². The van der Waals surface area contributed by atoms with Gasteiger partial charge in [-0.1, -0.05) is 18.2 Å². The molecule has 1 aromatic rings. The average Bonchev–Trinajstić information content (AvgIpc) is 3.19. The van der Waals surface area contributed by atoms with Crippen molar-refractivity contribution in [1.82, 2.24) is 9.80 Å². The maximum atomic E-state index is 8.36. The van der Waals surface area contributed by atoms with Crippen LogP contribution in [-0.2, 0) is 16.1 Å². The zero-order valence-corrected chi connectivity index (χ0v) is 17.8. The van der Waals surface area contributed by atoms with Crippen molar-refractivity contribution in [2.75, 3.05) is 21.1 Å². The summed E-state index contributed by atoms with van der Waals surface area (Å²) in [6, 6.07) is 8.35. The van der Waals surface area contributed by atoms with Crippen molar-refractivity contribution < 1.29 is 19.8 Å². The van der Waals surface area contributed by atoms with Crippen LogP contribution in [0.3, 0.4) is 0 Å². The summed E-state index contributed by atoms with van der Waals surface area (Å²) in [6.45, 7) is 5.10. The quantitative estimate of drug-likeness (QED) is 0.766. The van der Waals surface area contributed by atoms with E-state index in [1.165, 1.54) is 42.4 Å². The van der Waals surface area contributed by atoms with E-state index >= 15 is 0 Å². The zero-order chi connectivity index (χ0) is 21.3. The highest BCUT2D eigenvalue weighted by Crippen LogP contribution is 2.46. The Bertz CT molecular complexity index is 601. The fourth-order valence-electron chi connectivity index (χ4n) is 4.72. The number of benzene rings is 1. The van der Waals surface area contributed by atoms with Gasteiger partial charge in [0.2, 0.25) is 0 Å². The molecule has 0 radical (unpaired) electrons. The van der Waals surface area contributed by atoms with Gasteiger partial charge in [-0.2, -0.15) is 0 Å². The summed E-state index contributed by atoms with van der Waals surface area (Å²) in [5.41, 5.74) is 4.40. The van der Waals surface area contributed by atoms with Crippen molar-refractivity contribution >= 4 is 12.9 Å². The molecule has 2 aliphatic rings. The van der Waals surface area contributed by atoms with Gasteiger partial charge < -0.3 is 15.1 Å². The molecule has 2 aliphatic carbocycles. The third kappa shape index (κ3) is 6.60. The Balaban J connectivity index is 0.000000582. The number of rotatable bonds is 4. The molecular weight excluding hydrogens is 356 g/mol. The van der Waals surface area contributed by atoms with E-state index in [2.05, 4.69) is 63.0 Å². The summed E-state index contributed by atoms with van der Waals surface area (Å²) >= 11 is 0. The lowest BCUT2D eigenvalue weighted by atomic mass is 10.0. The molecule has 0 spiro atoms. The second-order valence-electron chi connectivity index (χ2n) is 8.22. The smallest absolute Gasteiger partial charge is 0.290 e. The van der Waals surface area contributed by atoms with Crippen LogP contribution >= 0.6 is 0 Å². The van der Waals surface area contributed by atoms with Gasteiger partial charge in [0, 0.05) is 18.6 Å². The van der Waals surface area contributed by atoms with Crippen molar-refractivity contribution in [1.29, 1.82) is 0 Å². The van der Waals surface area contributed by atoms with Crippen molar-refractivity contribution in [2.24, 2.45) is 11.8 Å². The fourth-order valence-corrected chi connectivity index (χ4v) is 4.72. The molecule has 1 aromatic carbocycles. The summed E-state index contributed by atoms with van der Waals surface area (Å²) in [6.07, 6.45) is 5.67. The third-order valence-corrected chi connectivity index (χ3v) is 6.46. The standard InChI is InChI=1S/C20H32N2.2CH2O2/c1-14-7-6-8-16(15(14)2)13-22(5)20-11-17-9-19(21(3)4)10-18(17)12-20;2*2-1-3/h6-8,17-20H,9-13H2,1-5H3;2*1H,(H,2,3)/t17-,18+,19?,20?;;. The highest BCUT2D eigenvalue weighted by Gasteiger charge is 2.43. The molecule has 2 unspecified atom stereocenters. The molecule has 0 bridgehead atoms. The first-order valence-corrected chi connectivity index (χ1v) is 9.86. The van der Waals surface area contributed by atoms with Crippen molar-refractivity contribution in [3.63, 3.8) is 0 Å². The number of nitrogens with zero attached hydrogens (tertiary/aromatic N) is 2. The van der Waals surface area contributed by atoms with Crippen LogP contribution in [0.15, 0.2) is 18.2 Å². The van der Waals surface area contributed by atoms with E-state index in [1.807, 2.05) is 0 Å². The van der Waals surface area contributed by atoms with Gasteiger partial charge in [0.25, 0.3) is 12.9 Å². The van der Waals surface area contributed by atoms with Gasteiger partial charge in [-0.05, 0) is 89.2 Å². The molecule has 2 fully saturated rings. The van der Waals surface area contributed by atoms with E-state index in [9.17, 15) is 0 Å². The highest BCUT2D eigenvalue weighted by atomic mass is 16.3. The summed E-state index contributed by atoms with van der Waals surface area (Å²) in [7, 11) is 6.82. The van der Waals surface area contributed by atoms with E-state index in [4.69, 9.17) is 19.8 Å². The molecule has 6 nitrogen and oxygen atoms in total. The van der Waals surface area contributed by atoms with Crippen molar-refractivity contribution in [2.45, 2.75) is 58.2 Å². The minimum atomic E-state index is -0.250. The molecule has 4 atom stereocenters. The van der Waals surface area contributed by atoms with Gasteiger partial charge in [0.05, 0.1) is 0 Å². The molecule has 0 aliphatic heterocycles. The first-order valence-electron chi connectivity index (χ1n) is 9.86. The van der Waals surface area contributed by atoms with Gasteiger partial charge in [0.15, 0.2) is 0 Å². The minimum Gasteiger partial charge on any atom is -0.483 e. The predicted octanol–water partition coefficient (Wildman–Crippen LogP) is 3.26. The first kappa shape index (κ1) is 24.1. The number of aryl methyl sites for hydroxylation is 1. The summed E-state index contributed by atoms with van der Waals surface area (Å²) in [5.74, 6) is 1.94. The maximum absolute atomic E-state index is 8.36. The Morgan fingerprint density at radius 3 is 1.86 bits per heavy atom. The van der Waals surface area contributed by atoms with Crippen LogP contribution in [0.25, 0.3) is 0 Å². The molecule has 28 heavy (non-hydrogen) atoms. The van der Waals surface area contributed by atoms with E-state index in [1.54, 1.807) is 0 Å². The van der Waals surface area contributed by atoms with E-state index in [0.29, 0.717) is 0 Å². The SMILES string of the molecule is Cc1cccc(CN(C)C2C[C@H]3CC(N(C)C)C[C@H]3C2)c1C.O=CO.O=CO. The summed E-state index contributed by atoms with van der Waals surface area (Å²) in [5, 5.41) is 13.8. The molecular formula is C22H36N2O4. The molecule has 2 N–H and O–H groups in total. The molecule has 0 saturated heterocycles.